The van der Waals surface area contributed by atoms with Gasteiger partial charge < -0.3 is 4.74 Å². The summed E-state index contributed by atoms with van der Waals surface area (Å²) in [5.41, 5.74) is 4.20. The first-order chi connectivity index (χ1) is 14.1. The summed E-state index contributed by atoms with van der Waals surface area (Å²) in [6.07, 6.45) is 5.29. The van der Waals surface area contributed by atoms with Crippen LogP contribution < -0.4 is 4.74 Å². The highest BCUT2D eigenvalue weighted by Gasteiger charge is 2.14. The fraction of sp³-hybridized carbons (Fsp3) is 0.0909. The van der Waals surface area contributed by atoms with Gasteiger partial charge in [-0.05, 0) is 59.7 Å². The van der Waals surface area contributed by atoms with Gasteiger partial charge in [-0.25, -0.2) is 4.39 Å². The number of aromatic nitrogens is 3. The molecule has 4 rings (SSSR count). The van der Waals surface area contributed by atoms with Crippen LogP contribution in [0.2, 0.25) is 0 Å². The van der Waals surface area contributed by atoms with Crippen LogP contribution in [0.4, 0.5) is 13.2 Å². The molecule has 146 valence electrons. The van der Waals surface area contributed by atoms with Gasteiger partial charge in [-0.1, -0.05) is 12.1 Å². The van der Waals surface area contributed by atoms with Gasteiger partial charge in [-0.3, -0.25) is 9.67 Å². The number of hydrogen-bond acceptors (Lipinski definition) is 3. The molecule has 0 fully saturated rings. The van der Waals surface area contributed by atoms with Crippen LogP contribution in [0.15, 0.2) is 79.3 Å². The molecule has 0 bridgehead atoms. The van der Waals surface area contributed by atoms with E-state index in [1.54, 1.807) is 41.3 Å². The zero-order valence-corrected chi connectivity index (χ0v) is 15.2. The second-order valence-corrected chi connectivity index (χ2v) is 6.35. The van der Waals surface area contributed by atoms with Gasteiger partial charge in [0.15, 0.2) is 0 Å². The van der Waals surface area contributed by atoms with Crippen LogP contribution in [0.1, 0.15) is 5.56 Å². The van der Waals surface area contributed by atoms with Crippen molar-refractivity contribution in [2.45, 2.75) is 13.2 Å². The van der Waals surface area contributed by atoms with E-state index in [2.05, 4.69) is 14.8 Å². The first kappa shape index (κ1) is 18.7. The molecule has 29 heavy (non-hydrogen) atoms. The van der Waals surface area contributed by atoms with Gasteiger partial charge in [0.05, 0.1) is 6.54 Å². The van der Waals surface area contributed by atoms with E-state index in [9.17, 15) is 13.2 Å². The topological polar surface area (TPSA) is 39.9 Å². The quantitative estimate of drug-likeness (QED) is 0.439. The highest BCUT2D eigenvalue weighted by Crippen LogP contribution is 2.31. The summed E-state index contributed by atoms with van der Waals surface area (Å²) in [4.78, 5) is 4.05. The molecule has 2 aromatic carbocycles. The molecule has 0 saturated carbocycles. The molecule has 0 spiro atoms. The molecule has 0 atom stereocenters. The van der Waals surface area contributed by atoms with Crippen molar-refractivity contribution in [1.82, 2.24) is 14.8 Å². The minimum absolute atomic E-state index is 0.105. The summed E-state index contributed by atoms with van der Waals surface area (Å²) in [6, 6.07) is 16.3. The maximum atomic E-state index is 13.3. The molecular formula is C22H16F3N3O. The molecule has 7 heteroatoms. The molecule has 2 heterocycles. The highest BCUT2D eigenvalue weighted by molar-refractivity contribution is 5.80. The van der Waals surface area contributed by atoms with Crippen LogP contribution in [0, 0.1) is 5.82 Å². The third-order valence-electron chi connectivity index (χ3n) is 4.36. The summed E-state index contributed by atoms with van der Waals surface area (Å²) < 4.78 is 44.1. The summed E-state index contributed by atoms with van der Waals surface area (Å²) in [5.74, 6) is -0.210. The number of halogens is 3. The zero-order chi connectivity index (χ0) is 20.2. The van der Waals surface area contributed by atoms with Crippen LogP contribution in [0.5, 0.6) is 5.75 Å². The van der Waals surface area contributed by atoms with Crippen molar-refractivity contribution in [3.8, 4) is 28.1 Å². The molecular weight excluding hydrogens is 379 g/mol. The Morgan fingerprint density at radius 3 is 2.21 bits per heavy atom. The van der Waals surface area contributed by atoms with Crippen molar-refractivity contribution in [3.05, 3.63) is 90.6 Å². The average molecular weight is 395 g/mol. The zero-order valence-electron chi connectivity index (χ0n) is 15.2. The van der Waals surface area contributed by atoms with Crippen LogP contribution in [0.3, 0.4) is 0 Å². The normalized spacial score (nSPS) is 11.0. The molecule has 0 radical (unpaired) electrons. The van der Waals surface area contributed by atoms with E-state index in [1.165, 1.54) is 24.3 Å². The highest BCUT2D eigenvalue weighted by atomic mass is 19.3. The Morgan fingerprint density at radius 1 is 0.862 bits per heavy atom. The number of rotatable bonds is 6. The number of nitrogens with zero attached hydrogens (tertiary/aromatic N) is 3. The van der Waals surface area contributed by atoms with Crippen LogP contribution in [-0.2, 0) is 6.54 Å². The monoisotopic (exact) mass is 395 g/mol. The predicted octanol–water partition coefficient (Wildman–Crippen LogP) is 5.40. The lowest BCUT2D eigenvalue weighted by molar-refractivity contribution is -0.0498. The minimum Gasteiger partial charge on any atom is -0.435 e. The molecule has 2 aromatic heterocycles. The van der Waals surface area contributed by atoms with E-state index >= 15 is 0 Å². The smallest absolute Gasteiger partial charge is 0.387 e. The summed E-state index contributed by atoms with van der Waals surface area (Å²) in [5, 5.41) is 4.68. The number of ether oxygens (including phenoxy) is 1. The van der Waals surface area contributed by atoms with Crippen LogP contribution >= 0.6 is 0 Å². The van der Waals surface area contributed by atoms with Gasteiger partial charge in [-0.2, -0.15) is 13.9 Å². The summed E-state index contributed by atoms with van der Waals surface area (Å²) >= 11 is 0. The molecule has 0 amide bonds. The Bertz CT molecular complexity index is 1080. The van der Waals surface area contributed by atoms with Crippen LogP contribution in [-0.4, -0.2) is 21.4 Å². The molecule has 0 aliphatic rings. The lowest BCUT2D eigenvalue weighted by Gasteiger charge is -2.06. The van der Waals surface area contributed by atoms with Crippen molar-refractivity contribution in [1.29, 1.82) is 0 Å². The SMILES string of the molecule is Fc1ccc(-c2nn(Cc3ccc(OC(F)F)cc3)cc2-c2ccncc2)cc1. The van der Waals surface area contributed by atoms with Crippen molar-refractivity contribution >= 4 is 0 Å². The molecule has 0 aliphatic carbocycles. The Labute approximate surface area is 165 Å². The van der Waals surface area contributed by atoms with Gasteiger partial charge >= 0.3 is 6.61 Å². The molecule has 4 nitrogen and oxygen atoms in total. The van der Waals surface area contributed by atoms with E-state index < -0.39 is 6.61 Å². The fourth-order valence-corrected chi connectivity index (χ4v) is 3.03. The Kier molecular flexibility index (Phi) is 5.29. The third-order valence-corrected chi connectivity index (χ3v) is 4.36. The minimum atomic E-state index is -2.85. The van der Waals surface area contributed by atoms with Gasteiger partial charge in [0, 0.05) is 29.7 Å². The van der Waals surface area contributed by atoms with E-state index in [0.717, 1.165) is 22.3 Å². The molecule has 0 N–H and O–H groups in total. The molecule has 4 aromatic rings. The lowest BCUT2D eigenvalue weighted by atomic mass is 10.0. The lowest BCUT2D eigenvalue weighted by Crippen LogP contribution is -2.03. The Balaban J connectivity index is 1.67. The molecule has 0 saturated heterocycles. The predicted molar refractivity (Wildman–Crippen MR) is 103 cm³/mol. The number of alkyl halides is 2. The van der Waals surface area contributed by atoms with Crippen molar-refractivity contribution in [2.24, 2.45) is 0 Å². The second-order valence-electron chi connectivity index (χ2n) is 6.35. The van der Waals surface area contributed by atoms with Gasteiger partial charge in [0.2, 0.25) is 0 Å². The van der Waals surface area contributed by atoms with E-state index in [0.29, 0.717) is 12.2 Å². The van der Waals surface area contributed by atoms with E-state index in [4.69, 9.17) is 0 Å². The maximum Gasteiger partial charge on any atom is 0.387 e. The largest absolute Gasteiger partial charge is 0.435 e. The van der Waals surface area contributed by atoms with Crippen molar-refractivity contribution < 1.29 is 17.9 Å². The van der Waals surface area contributed by atoms with Crippen molar-refractivity contribution in [3.63, 3.8) is 0 Å². The maximum absolute atomic E-state index is 13.3. The molecule has 0 unspecified atom stereocenters. The van der Waals surface area contributed by atoms with Gasteiger partial charge in [-0.15, -0.1) is 0 Å². The van der Waals surface area contributed by atoms with Crippen molar-refractivity contribution in [2.75, 3.05) is 0 Å². The number of benzene rings is 2. The second kappa shape index (κ2) is 8.18. The number of pyridine rings is 1. The summed E-state index contributed by atoms with van der Waals surface area (Å²) in [7, 11) is 0. The number of hydrogen-bond donors (Lipinski definition) is 0. The van der Waals surface area contributed by atoms with E-state index in [1.807, 2.05) is 18.3 Å². The standard InChI is InChI=1S/C22H16F3N3O/c23-18-5-3-17(4-6-18)21-20(16-9-11-26-12-10-16)14-28(27-21)13-15-1-7-19(8-2-15)29-22(24)25/h1-12,14,22H,13H2. The first-order valence-electron chi connectivity index (χ1n) is 8.86. The van der Waals surface area contributed by atoms with Gasteiger partial charge in [0.1, 0.15) is 17.3 Å². The Hall–Kier alpha value is -3.61. The van der Waals surface area contributed by atoms with E-state index in [-0.39, 0.29) is 11.6 Å². The van der Waals surface area contributed by atoms with Crippen LogP contribution in [0.25, 0.3) is 22.4 Å². The Morgan fingerprint density at radius 2 is 1.55 bits per heavy atom. The van der Waals surface area contributed by atoms with Gasteiger partial charge in [0.25, 0.3) is 0 Å². The fourth-order valence-electron chi connectivity index (χ4n) is 3.03. The third kappa shape index (κ3) is 4.45. The molecule has 0 aliphatic heterocycles. The first-order valence-corrected chi connectivity index (χ1v) is 8.86. The average Bonchev–Trinajstić information content (AvgIpc) is 3.14. The summed E-state index contributed by atoms with van der Waals surface area (Å²) in [6.45, 7) is -2.41.